The van der Waals surface area contributed by atoms with Crippen LogP contribution in [0.25, 0.3) is 0 Å². The summed E-state index contributed by atoms with van der Waals surface area (Å²) >= 11 is 6.83. The van der Waals surface area contributed by atoms with E-state index in [0.717, 1.165) is 29.1 Å². The molecule has 1 atom stereocenters. The first-order valence-corrected chi connectivity index (χ1v) is 7.85. The van der Waals surface area contributed by atoms with Gasteiger partial charge in [-0.1, -0.05) is 30.4 Å². The molecule has 2 N–H and O–H groups in total. The molecule has 19 heavy (non-hydrogen) atoms. The summed E-state index contributed by atoms with van der Waals surface area (Å²) < 4.78 is 0. The van der Waals surface area contributed by atoms with Crippen molar-refractivity contribution in [1.29, 1.82) is 0 Å². The highest BCUT2D eigenvalue weighted by Gasteiger charge is 2.25. The summed E-state index contributed by atoms with van der Waals surface area (Å²) in [5, 5.41) is 0. The maximum Gasteiger partial charge on any atom is 0.226 e. The molecule has 1 heterocycles. The van der Waals surface area contributed by atoms with E-state index in [1.54, 1.807) is 4.90 Å². The second-order valence-electron chi connectivity index (χ2n) is 4.82. The van der Waals surface area contributed by atoms with Gasteiger partial charge in [0.2, 0.25) is 5.91 Å². The Hall–Kier alpha value is -1.07. The van der Waals surface area contributed by atoms with E-state index in [4.69, 9.17) is 18.0 Å². The molecule has 0 saturated carbocycles. The molecule has 1 aliphatic heterocycles. The highest BCUT2D eigenvalue weighted by molar-refractivity contribution is 7.99. The lowest BCUT2D eigenvalue weighted by Crippen LogP contribution is -2.32. The smallest absolute Gasteiger partial charge is 0.226 e. The number of thioether (sulfide) groups is 1. The molecule has 2 rings (SSSR count). The molecule has 1 aromatic rings. The van der Waals surface area contributed by atoms with E-state index in [1.807, 2.05) is 43.1 Å². The van der Waals surface area contributed by atoms with Crippen molar-refractivity contribution in [3.63, 3.8) is 0 Å². The molecule has 1 saturated heterocycles. The SMILES string of the molecule is CN(Cc1cccc(C(N)=S)c1)C(=O)C1CCSC1. The Bertz CT molecular complexity index is 484. The first-order valence-electron chi connectivity index (χ1n) is 6.29. The molecule has 1 amide bonds. The first-order chi connectivity index (χ1) is 9.08. The summed E-state index contributed by atoms with van der Waals surface area (Å²) in [6, 6.07) is 7.76. The van der Waals surface area contributed by atoms with Crippen molar-refractivity contribution in [1.82, 2.24) is 4.90 Å². The topological polar surface area (TPSA) is 46.3 Å². The van der Waals surface area contributed by atoms with Gasteiger partial charge in [-0.15, -0.1) is 0 Å². The molecule has 5 heteroatoms. The van der Waals surface area contributed by atoms with Crippen molar-refractivity contribution in [3.8, 4) is 0 Å². The van der Waals surface area contributed by atoms with Crippen LogP contribution in [0.15, 0.2) is 24.3 Å². The van der Waals surface area contributed by atoms with Gasteiger partial charge in [0.1, 0.15) is 4.99 Å². The van der Waals surface area contributed by atoms with Gasteiger partial charge in [-0.3, -0.25) is 4.79 Å². The van der Waals surface area contributed by atoms with E-state index in [0.29, 0.717) is 11.5 Å². The Morgan fingerprint density at radius 3 is 3.00 bits per heavy atom. The highest BCUT2D eigenvalue weighted by atomic mass is 32.2. The molecule has 102 valence electrons. The van der Waals surface area contributed by atoms with Crippen molar-refractivity contribution < 1.29 is 4.79 Å². The van der Waals surface area contributed by atoms with Crippen LogP contribution in [-0.2, 0) is 11.3 Å². The Balaban J connectivity index is 2.01. The predicted molar refractivity (Wildman–Crippen MR) is 84.2 cm³/mol. The molecule has 0 spiro atoms. The fourth-order valence-corrected chi connectivity index (χ4v) is 3.55. The molecule has 1 fully saturated rings. The molecule has 0 bridgehead atoms. The van der Waals surface area contributed by atoms with E-state index in [9.17, 15) is 4.79 Å². The van der Waals surface area contributed by atoms with Gasteiger partial charge in [-0.05, 0) is 23.8 Å². The molecule has 3 nitrogen and oxygen atoms in total. The lowest BCUT2D eigenvalue weighted by molar-refractivity contribution is -0.133. The maximum absolute atomic E-state index is 12.2. The molecule has 0 aliphatic carbocycles. The minimum Gasteiger partial charge on any atom is -0.389 e. The van der Waals surface area contributed by atoms with Gasteiger partial charge >= 0.3 is 0 Å². The Kier molecular flexibility index (Phi) is 4.82. The molecule has 0 aromatic heterocycles. The second-order valence-corrected chi connectivity index (χ2v) is 6.41. The quantitative estimate of drug-likeness (QED) is 0.863. The van der Waals surface area contributed by atoms with Crippen LogP contribution in [0.3, 0.4) is 0 Å². The molecule has 1 aliphatic rings. The van der Waals surface area contributed by atoms with E-state index in [-0.39, 0.29) is 11.8 Å². The van der Waals surface area contributed by atoms with Crippen molar-refractivity contribution in [3.05, 3.63) is 35.4 Å². The van der Waals surface area contributed by atoms with Crippen LogP contribution in [0, 0.1) is 5.92 Å². The molecule has 1 aromatic carbocycles. The fraction of sp³-hybridized carbons (Fsp3) is 0.429. The van der Waals surface area contributed by atoms with Crippen LogP contribution in [0.2, 0.25) is 0 Å². The average Bonchev–Trinajstić information content (AvgIpc) is 2.92. The van der Waals surface area contributed by atoms with Crippen LogP contribution in [0.5, 0.6) is 0 Å². The average molecular weight is 294 g/mol. The van der Waals surface area contributed by atoms with Crippen molar-refractivity contribution in [2.75, 3.05) is 18.6 Å². The predicted octanol–water partition coefficient (Wildman–Crippen LogP) is 2.03. The summed E-state index contributed by atoms with van der Waals surface area (Å²) in [4.78, 5) is 14.4. The highest BCUT2D eigenvalue weighted by Crippen LogP contribution is 2.25. The normalized spacial score (nSPS) is 18.3. The van der Waals surface area contributed by atoms with Crippen LogP contribution in [0.4, 0.5) is 0 Å². The van der Waals surface area contributed by atoms with Gasteiger partial charge in [-0.2, -0.15) is 11.8 Å². The third kappa shape index (κ3) is 3.70. The van der Waals surface area contributed by atoms with Gasteiger partial charge in [-0.25, -0.2) is 0 Å². The molecular weight excluding hydrogens is 276 g/mol. The zero-order chi connectivity index (χ0) is 13.8. The van der Waals surface area contributed by atoms with Crippen molar-refractivity contribution in [2.24, 2.45) is 11.7 Å². The number of rotatable bonds is 4. The molecular formula is C14H18N2OS2. The Morgan fingerprint density at radius 2 is 2.37 bits per heavy atom. The largest absolute Gasteiger partial charge is 0.389 e. The van der Waals surface area contributed by atoms with Crippen LogP contribution >= 0.6 is 24.0 Å². The Morgan fingerprint density at radius 1 is 1.58 bits per heavy atom. The number of hydrogen-bond acceptors (Lipinski definition) is 3. The first kappa shape index (κ1) is 14.3. The lowest BCUT2D eigenvalue weighted by Gasteiger charge is -2.21. The van der Waals surface area contributed by atoms with Gasteiger partial charge in [0.25, 0.3) is 0 Å². The standard InChI is InChI=1S/C14H18N2OS2/c1-16(14(17)12-5-6-19-9-12)8-10-3-2-4-11(7-10)13(15)18/h2-4,7,12H,5-6,8-9H2,1H3,(H2,15,18). The number of nitrogens with two attached hydrogens (primary N) is 1. The van der Waals surface area contributed by atoms with E-state index < -0.39 is 0 Å². The zero-order valence-corrected chi connectivity index (χ0v) is 12.6. The third-order valence-electron chi connectivity index (χ3n) is 3.29. The summed E-state index contributed by atoms with van der Waals surface area (Å²) in [5.74, 6) is 2.48. The fourth-order valence-electron chi connectivity index (χ4n) is 2.22. The zero-order valence-electron chi connectivity index (χ0n) is 11.0. The number of hydrogen-bond donors (Lipinski definition) is 1. The minimum atomic E-state index is 0.189. The minimum absolute atomic E-state index is 0.189. The van der Waals surface area contributed by atoms with Crippen molar-refractivity contribution >= 4 is 34.9 Å². The lowest BCUT2D eigenvalue weighted by atomic mass is 10.1. The van der Waals surface area contributed by atoms with Crippen LogP contribution in [-0.4, -0.2) is 34.3 Å². The number of carbonyl (C=O) groups excluding carboxylic acids is 1. The number of thiocarbonyl (C=S) groups is 1. The summed E-state index contributed by atoms with van der Waals surface area (Å²) in [5.41, 5.74) is 7.53. The van der Waals surface area contributed by atoms with Gasteiger partial charge in [0.05, 0.1) is 0 Å². The third-order valence-corrected chi connectivity index (χ3v) is 4.68. The van der Waals surface area contributed by atoms with Gasteiger partial charge in [0.15, 0.2) is 0 Å². The molecule has 0 radical (unpaired) electrons. The van der Waals surface area contributed by atoms with Crippen LogP contribution in [0.1, 0.15) is 17.5 Å². The Labute approximate surface area is 123 Å². The summed E-state index contributed by atoms with van der Waals surface area (Å²) in [6.45, 7) is 0.608. The van der Waals surface area contributed by atoms with E-state index in [1.165, 1.54) is 0 Å². The number of benzene rings is 1. The number of carbonyl (C=O) groups is 1. The van der Waals surface area contributed by atoms with Gasteiger partial charge in [0, 0.05) is 30.8 Å². The number of nitrogens with zero attached hydrogens (tertiary/aromatic N) is 1. The second kappa shape index (κ2) is 6.39. The summed E-state index contributed by atoms with van der Waals surface area (Å²) in [6.07, 6.45) is 1.00. The summed E-state index contributed by atoms with van der Waals surface area (Å²) in [7, 11) is 1.86. The van der Waals surface area contributed by atoms with E-state index in [2.05, 4.69) is 0 Å². The molecule has 1 unspecified atom stereocenters. The monoisotopic (exact) mass is 294 g/mol. The van der Waals surface area contributed by atoms with Gasteiger partial charge < -0.3 is 10.6 Å². The van der Waals surface area contributed by atoms with Crippen LogP contribution < -0.4 is 5.73 Å². The maximum atomic E-state index is 12.2. The van der Waals surface area contributed by atoms with Crippen molar-refractivity contribution in [2.45, 2.75) is 13.0 Å². The number of amides is 1. The van der Waals surface area contributed by atoms with E-state index >= 15 is 0 Å².